The van der Waals surface area contributed by atoms with Crippen molar-refractivity contribution in [2.45, 2.75) is 0 Å². The summed E-state index contributed by atoms with van der Waals surface area (Å²) in [5.41, 5.74) is 0.508. The number of rotatable bonds is 11. The molecule has 0 atom stereocenters. The van der Waals surface area contributed by atoms with Crippen molar-refractivity contribution in [1.29, 1.82) is 0 Å². The van der Waals surface area contributed by atoms with Gasteiger partial charge >= 0.3 is 5.69 Å². The zero-order chi connectivity index (χ0) is 33.3. The van der Waals surface area contributed by atoms with Gasteiger partial charge in [-0.1, -0.05) is 0 Å². The van der Waals surface area contributed by atoms with Gasteiger partial charge in [0.25, 0.3) is 0 Å². The molecule has 0 spiro atoms. The van der Waals surface area contributed by atoms with Crippen LogP contribution in [0, 0.1) is 10.1 Å². The van der Waals surface area contributed by atoms with Crippen LogP contribution in [0.2, 0.25) is 0 Å². The van der Waals surface area contributed by atoms with Gasteiger partial charge in [-0.3, -0.25) is 19.7 Å². The molecule has 0 aliphatic heterocycles. The lowest BCUT2D eigenvalue weighted by Crippen LogP contribution is -2.04. The van der Waals surface area contributed by atoms with E-state index in [0.717, 1.165) is 6.07 Å². The second-order valence-corrected chi connectivity index (χ2v) is 8.99. The first-order valence-electron chi connectivity index (χ1n) is 13.0. The van der Waals surface area contributed by atoms with E-state index in [1.165, 1.54) is 79.1 Å². The molecular formula is C32H31NO12. The van der Waals surface area contributed by atoms with Gasteiger partial charge in [-0.25, -0.2) is 0 Å². The third-order valence-electron chi connectivity index (χ3n) is 6.47. The van der Waals surface area contributed by atoms with Crippen molar-refractivity contribution in [2.75, 3.05) is 42.7 Å². The van der Waals surface area contributed by atoms with E-state index in [0.29, 0.717) is 34.1 Å². The molecule has 0 aliphatic carbocycles. The molecule has 4 rings (SSSR count). The summed E-state index contributed by atoms with van der Waals surface area (Å²) in [6.45, 7) is 0. The third-order valence-corrected chi connectivity index (χ3v) is 6.47. The Kier molecular flexibility index (Phi) is 11.1. The van der Waals surface area contributed by atoms with E-state index >= 15 is 0 Å². The highest BCUT2D eigenvalue weighted by molar-refractivity contribution is 6.10. The molecule has 45 heavy (non-hydrogen) atoms. The van der Waals surface area contributed by atoms with Gasteiger partial charge in [0.2, 0.25) is 5.75 Å². The monoisotopic (exact) mass is 621 g/mol. The molecule has 0 aliphatic rings. The summed E-state index contributed by atoms with van der Waals surface area (Å²) in [5.74, 6) is 0.590. The standard InChI is InChI=1S/C16H15NO7.C16H16O5/c1-22-12-5-4-9(7-13(12)23-2)15(18)10-6-11(17(20)21)16(19)14(8-10)24-3;1-19-13-7-5-11(9-15(13)21-3)16(18)10-4-6-12(17)14(8-10)20-2/h4-8,19H,1-3H3;4-9,17H,1-3H3. The van der Waals surface area contributed by atoms with Crippen LogP contribution in [0.4, 0.5) is 5.69 Å². The Morgan fingerprint density at radius 3 is 1.33 bits per heavy atom. The van der Waals surface area contributed by atoms with E-state index < -0.39 is 22.1 Å². The van der Waals surface area contributed by atoms with Crippen LogP contribution in [0.5, 0.6) is 46.0 Å². The zero-order valence-electron chi connectivity index (χ0n) is 25.3. The minimum absolute atomic E-state index is 0.00331. The van der Waals surface area contributed by atoms with Crippen LogP contribution in [0.25, 0.3) is 0 Å². The predicted molar refractivity (Wildman–Crippen MR) is 162 cm³/mol. The maximum absolute atomic E-state index is 12.6. The molecule has 13 nitrogen and oxygen atoms in total. The van der Waals surface area contributed by atoms with Crippen LogP contribution in [0.3, 0.4) is 0 Å². The van der Waals surface area contributed by atoms with Gasteiger partial charge < -0.3 is 38.6 Å². The number of nitro benzene ring substituents is 1. The minimum Gasteiger partial charge on any atom is -0.504 e. The number of carbonyl (C=O) groups excluding carboxylic acids is 2. The number of hydrogen-bond donors (Lipinski definition) is 2. The second-order valence-electron chi connectivity index (χ2n) is 8.99. The Balaban J connectivity index is 0.000000248. The molecule has 4 aromatic carbocycles. The highest BCUT2D eigenvalue weighted by Crippen LogP contribution is 2.38. The Hall–Kier alpha value is -5.98. The first kappa shape index (κ1) is 33.5. The SMILES string of the molecule is COc1cc(C(=O)c2ccc(OC)c(OC)c2)ccc1O.COc1ccc(C(=O)c2cc(OC)c(O)c([N+](=O)[O-])c2)cc1OC. The first-order valence-corrected chi connectivity index (χ1v) is 13.0. The number of ether oxygens (including phenoxy) is 6. The number of ketones is 2. The molecule has 0 saturated carbocycles. The maximum atomic E-state index is 12.6. The molecule has 0 heterocycles. The topological polar surface area (TPSA) is 173 Å². The van der Waals surface area contributed by atoms with Crippen LogP contribution in [-0.2, 0) is 0 Å². The highest BCUT2D eigenvalue weighted by Gasteiger charge is 2.23. The molecule has 4 aromatic rings. The fourth-order valence-electron chi connectivity index (χ4n) is 4.13. The van der Waals surface area contributed by atoms with E-state index in [-0.39, 0.29) is 34.2 Å². The minimum atomic E-state index is -0.788. The smallest absolute Gasteiger partial charge is 0.315 e. The molecule has 13 heteroatoms. The summed E-state index contributed by atoms with van der Waals surface area (Å²) in [4.78, 5) is 35.3. The highest BCUT2D eigenvalue weighted by atomic mass is 16.6. The van der Waals surface area contributed by atoms with Gasteiger partial charge in [0.05, 0.1) is 47.6 Å². The summed E-state index contributed by atoms with van der Waals surface area (Å²) in [6, 6.07) is 16.2. The third kappa shape index (κ3) is 7.51. The molecule has 0 amide bonds. The lowest BCUT2D eigenvalue weighted by Gasteiger charge is -2.10. The summed E-state index contributed by atoms with van der Waals surface area (Å²) in [6.07, 6.45) is 0. The van der Waals surface area contributed by atoms with Gasteiger partial charge in [-0.2, -0.15) is 0 Å². The van der Waals surface area contributed by atoms with Gasteiger partial charge in [0.15, 0.2) is 51.8 Å². The number of hydrogen-bond acceptors (Lipinski definition) is 12. The average molecular weight is 622 g/mol. The first-order chi connectivity index (χ1) is 21.5. The van der Waals surface area contributed by atoms with Crippen molar-refractivity contribution in [1.82, 2.24) is 0 Å². The fraction of sp³-hybridized carbons (Fsp3) is 0.188. The number of benzene rings is 4. The van der Waals surface area contributed by atoms with Crippen molar-refractivity contribution in [3.63, 3.8) is 0 Å². The van der Waals surface area contributed by atoms with Crippen LogP contribution in [-0.4, -0.2) is 69.4 Å². The van der Waals surface area contributed by atoms with E-state index in [9.17, 15) is 29.9 Å². The number of methoxy groups -OCH3 is 6. The molecule has 0 fully saturated rings. The number of phenolic OH excluding ortho intramolecular Hbond substituents is 2. The fourth-order valence-corrected chi connectivity index (χ4v) is 4.13. The van der Waals surface area contributed by atoms with E-state index in [4.69, 9.17) is 28.4 Å². The van der Waals surface area contributed by atoms with Crippen molar-refractivity contribution < 1.29 is 53.1 Å². The Bertz CT molecular complexity index is 1720. The normalized spacial score (nSPS) is 10.1. The second kappa shape index (κ2) is 15.0. The van der Waals surface area contributed by atoms with E-state index in [1.54, 1.807) is 24.3 Å². The van der Waals surface area contributed by atoms with Crippen LogP contribution in [0.1, 0.15) is 31.8 Å². The largest absolute Gasteiger partial charge is 0.504 e. The van der Waals surface area contributed by atoms with Crippen LogP contribution >= 0.6 is 0 Å². The number of carbonyl (C=O) groups is 2. The quantitative estimate of drug-likeness (QED) is 0.127. The van der Waals surface area contributed by atoms with Crippen molar-refractivity contribution in [2.24, 2.45) is 0 Å². The van der Waals surface area contributed by atoms with Crippen LogP contribution in [0.15, 0.2) is 66.7 Å². The predicted octanol–water partition coefficient (Wildman–Crippen LogP) is 5.21. The summed E-state index contributed by atoms with van der Waals surface area (Å²) >= 11 is 0. The number of phenols is 2. The molecule has 0 saturated heterocycles. The lowest BCUT2D eigenvalue weighted by atomic mass is 10.0. The van der Waals surface area contributed by atoms with E-state index in [2.05, 4.69) is 0 Å². The Labute approximate surface area is 258 Å². The Morgan fingerprint density at radius 1 is 0.533 bits per heavy atom. The van der Waals surface area contributed by atoms with Gasteiger partial charge in [-0.05, 0) is 60.7 Å². The van der Waals surface area contributed by atoms with E-state index in [1.807, 2.05) is 0 Å². The Morgan fingerprint density at radius 2 is 0.911 bits per heavy atom. The number of nitro groups is 1. The molecular weight excluding hydrogens is 590 g/mol. The van der Waals surface area contributed by atoms with Crippen molar-refractivity contribution in [3.8, 4) is 46.0 Å². The molecule has 0 radical (unpaired) electrons. The van der Waals surface area contributed by atoms with Crippen molar-refractivity contribution >= 4 is 17.3 Å². The van der Waals surface area contributed by atoms with Crippen LogP contribution < -0.4 is 28.4 Å². The molecule has 0 aromatic heterocycles. The number of nitrogens with zero attached hydrogens (tertiary/aromatic N) is 1. The molecule has 2 N–H and O–H groups in total. The molecule has 0 unspecified atom stereocenters. The summed E-state index contributed by atoms with van der Waals surface area (Å²) in [5, 5.41) is 30.4. The number of aromatic hydroxyl groups is 2. The van der Waals surface area contributed by atoms with Gasteiger partial charge in [-0.15, -0.1) is 0 Å². The van der Waals surface area contributed by atoms with Crippen molar-refractivity contribution in [3.05, 3.63) is 99.1 Å². The molecule has 236 valence electrons. The summed E-state index contributed by atoms with van der Waals surface area (Å²) in [7, 11) is 8.61. The average Bonchev–Trinajstić information content (AvgIpc) is 3.07. The van der Waals surface area contributed by atoms with Gasteiger partial charge in [0.1, 0.15) is 0 Å². The summed E-state index contributed by atoms with van der Waals surface area (Å²) < 4.78 is 30.5. The lowest BCUT2D eigenvalue weighted by molar-refractivity contribution is -0.386. The van der Waals surface area contributed by atoms with Gasteiger partial charge in [0, 0.05) is 28.3 Å². The molecule has 0 bridgehead atoms. The zero-order valence-corrected chi connectivity index (χ0v) is 25.3. The maximum Gasteiger partial charge on any atom is 0.315 e.